The number of hydrogen-bond donors (Lipinski definition) is 1. The molecule has 3 aromatic heterocycles. The van der Waals surface area contributed by atoms with E-state index in [9.17, 15) is 4.79 Å². The van der Waals surface area contributed by atoms with E-state index in [2.05, 4.69) is 40.5 Å². The molecule has 1 amide bonds. The summed E-state index contributed by atoms with van der Waals surface area (Å²) in [5, 5.41) is 4.53. The molecular formula is C24H27N7O. The number of aromatic nitrogens is 5. The van der Waals surface area contributed by atoms with Gasteiger partial charge in [0.15, 0.2) is 0 Å². The van der Waals surface area contributed by atoms with E-state index in [4.69, 9.17) is 15.7 Å². The van der Waals surface area contributed by atoms with Crippen LogP contribution < -0.4 is 10.6 Å². The first kappa shape index (κ1) is 20.2. The molecule has 164 valence electrons. The molecule has 32 heavy (non-hydrogen) atoms. The van der Waals surface area contributed by atoms with Crippen molar-refractivity contribution in [1.82, 2.24) is 24.3 Å². The minimum atomic E-state index is -0.465. The minimum absolute atomic E-state index is 0.442. The topological polar surface area (TPSA) is 94.9 Å². The highest BCUT2D eigenvalue weighted by molar-refractivity contribution is 5.96. The first-order chi connectivity index (χ1) is 15.4. The van der Waals surface area contributed by atoms with Gasteiger partial charge in [0, 0.05) is 42.7 Å². The van der Waals surface area contributed by atoms with Gasteiger partial charge in [-0.25, -0.2) is 9.97 Å². The average molecular weight is 430 g/mol. The Kier molecular flexibility index (Phi) is 4.92. The molecule has 0 unspecified atom stereocenters. The van der Waals surface area contributed by atoms with E-state index >= 15 is 0 Å². The summed E-state index contributed by atoms with van der Waals surface area (Å²) in [7, 11) is 1.90. The Morgan fingerprint density at radius 1 is 1.12 bits per heavy atom. The summed E-state index contributed by atoms with van der Waals surface area (Å²) in [5.41, 5.74) is 9.41. The Labute approximate surface area is 186 Å². The molecule has 1 saturated heterocycles. The Balaban J connectivity index is 1.58. The fraction of sp³-hybridized carbons (Fsp3) is 0.333. The third-order valence-electron chi connectivity index (χ3n) is 6.34. The number of imidazole rings is 1. The van der Waals surface area contributed by atoms with Gasteiger partial charge in [-0.1, -0.05) is 0 Å². The maximum Gasteiger partial charge on any atom is 0.248 e. The van der Waals surface area contributed by atoms with E-state index in [-0.39, 0.29) is 0 Å². The maximum absolute atomic E-state index is 11.7. The molecule has 1 aromatic carbocycles. The van der Waals surface area contributed by atoms with Crippen molar-refractivity contribution in [1.29, 1.82) is 0 Å². The third-order valence-corrected chi connectivity index (χ3v) is 6.34. The van der Waals surface area contributed by atoms with Crippen LogP contribution in [0, 0.1) is 0 Å². The molecule has 4 heterocycles. The zero-order chi connectivity index (χ0) is 22.4. The first-order valence-corrected chi connectivity index (χ1v) is 10.9. The number of hydrogen-bond acceptors (Lipinski definition) is 5. The molecule has 0 bridgehead atoms. The van der Waals surface area contributed by atoms with Crippen LogP contribution in [0.1, 0.15) is 42.7 Å². The number of primary amides is 1. The van der Waals surface area contributed by atoms with Crippen molar-refractivity contribution in [2.75, 3.05) is 4.90 Å². The average Bonchev–Trinajstić information content (AvgIpc) is 3.45. The molecule has 0 radical (unpaired) electrons. The van der Waals surface area contributed by atoms with E-state index in [1.165, 1.54) is 12.8 Å². The molecule has 1 aliphatic heterocycles. The molecule has 0 spiro atoms. The van der Waals surface area contributed by atoms with Crippen LogP contribution in [0.25, 0.3) is 22.4 Å². The van der Waals surface area contributed by atoms with Crippen molar-refractivity contribution in [3.63, 3.8) is 0 Å². The zero-order valence-electron chi connectivity index (χ0n) is 18.6. The monoisotopic (exact) mass is 429 g/mol. The van der Waals surface area contributed by atoms with Gasteiger partial charge in [0.25, 0.3) is 0 Å². The minimum Gasteiger partial charge on any atom is -0.366 e. The Bertz CT molecular complexity index is 1280. The largest absolute Gasteiger partial charge is 0.366 e. The Hall–Kier alpha value is -3.68. The van der Waals surface area contributed by atoms with Gasteiger partial charge in [-0.05, 0) is 63.1 Å². The lowest BCUT2D eigenvalue weighted by Crippen LogP contribution is -2.33. The van der Waals surface area contributed by atoms with Crippen LogP contribution in [0.3, 0.4) is 0 Å². The molecule has 4 aromatic rings. The Morgan fingerprint density at radius 2 is 1.91 bits per heavy atom. The van der Waals surface area contributed by atoms with Crippen LogP contribution in [-0.4, -0.2) is 42.3 Å². The molecule has 1 fully saturated rings. The van der Waals surface area contributed by atoms with Gasteiger partial charge in [-0.15, -0.1) is 0 Å². The lowest BCUT2D eigenvalue weighted by Gasteiger charge is -2.27. The predicted octanol–water partition coefficient (Wildman–Crippen LogP) is 3.36. The summed E-state index contributed by atoms with van der Waals surface area (Å²) < 4.78 is 3.90. The lowest BCUT2D eigenvalue weighted by molar-refractivity contribution is 0.100. The van der Waals surface area contributed by atoms with Crippen molar-refractivity contribution in [2.24, 2.45) is 12.8 Å². The molecule has 5 rings (SSSR count). The number of pyridine rings is 1. The van der Waals surface area contributed by atoms with Crippen molar-refractivity contribution in [3.8, 4) is 11.4 Å². The van der Waals surface area contributed by atoms with Crippen LogP contribution >= 0.6 is 0 Å². The smallest absolute Gasteiger partial charge is 0.248 e. The van der Waals surface area contributed by atoms with E-state index in [0.717, 1.165) is 33.9 Å². The molecular weight excluding hydrogens is 402 g/mol. The fourth-order valence-electron chi connectivity index (χ4n) is 4.69. The summed E-state index contributed by atoms with van der Waals surface area (Å²) in [5.74, 6) is 1.32. The van der Waals surface area contributed by atoms with Gasteiger partial charge >= 0.3 is 0 Å². The zero-order valence-corrected chi connectivity index (χ0v) is 18.6. The standard InChI is InChI=1S/C24H27N7O/c1-15-4-5-16(2)31(15)22-9-7-18(13-26-22)24-27-20-12-17(23(25)32)6-8-21(20)30(24)14-19-10-11-29(3)28-19/h6-13,15-16H,4-5,14H2,1-3H3,(H2,25,32)/t15-,16-/m0/s1. The van der Waals surface area contributed by atoms with Gasteiger partial charge in [-0.2, -0.15) is 5.10 Å². The number of amides is 1. The van der Waals surface area contributed by atoms with Crippen LogP contribution in [0.15, 0.2) is 48.8 Å². The third kappa shape index (κ3) is 3.51. The van der Waals surface area contributed by atoms with Crippen molar-refractivity contribution in [2.45, 2.75) is 45.3 Å². The molecule has 0 saturated carbocycles. The molecule has 8 heteroatoms. The van der Waals surface area contributed by atoms with Crippen molar-refractivity contribution < 1.29 is 4.79 Å². The number of carbonyl (C=O) groups excluding carboxylic acids is 1. The van der Waals surface area contributed by atoms with Crippen LogP contribution in [0.2, 0.25) is 0 Å². The fourth-order valence-corrected chi connectivity index (χ4v) is 4.69. The number of nitrogens with zero attached hydrogens (tertiary/aromatic N) is 6. The summed E-state index contributed by atoms with van der Waals surface area (Å²) in [6.45, 7) is 5.06. The second-order valence-corrected chi connectivity index (χ2v) is 8.66. The predicted molar refractivity (Wildman–Crippen MR) is 124 cm³/mol. The second kappa shape index (κ2) is 7.78. The summed E-state index contributed by atoms with van der Waals surface area (Å²) in [6, 6.07) is 12.5. The number of aryl methyl sites for hydroxylation is 1. The maximum atomic E-state index is 11.7. The van der Waals surface area contributed by atoms with E-state index in [1.54, 1.807) is 16.8 Å². The SMILES string of the molecule is C[C@H]1CC[C@H](C)N1c1ccc(-c2nc3cc(C(N)=O)ccc3n2Cc2ccn(C)n2)cn1. The highest BCUT2D eigenvalue weighted by Crippen LogP contribution is 2.31. The molecule has 2 atom stereocenters. The highest BCUT2D eigenvalue weighted by atomic mass is 16.1. The number of benzene rings is 1. The highest BCUT2D eigenvalue weighted by Gasteiger charge is 2.28. The van der Waals surface area contributed by atoms with Gasteiger partial charge < -0.3 is 15.2 Å². The number of carbonyl (C=O) groups is 1. The van der Waals surface area contributed by atoms with Gasteiger partial charge in [-0.3, -0.25) is 9.48 Å². The molecule has 0 aliphatic carbocycles. The molecule has 2 N–H and O–H groups in total. The molecule has 1 aliphatic rings. The van der Waals surface area contributed by atoms with Crippen molar-refractivity contribution >= 4 is 22.8 Å². The quantitative estimate of drug-likeness (QED) is 0.525. The molecule has 8 nitrogen and oxygen atoms in total. The van der Waals surface area contributed by atoms with Gasteiger partial charge in [0.1, 0.15) is 11.6 Å². The number of rotatable bonds is 5. The Morgan fingerprint density at radius 3 is 2.53 bits per heavy atom. The van der Waals surface area contributed by atoms with E-state index in [0.29, 0.717) is 24.2 Å². The van der Waals surface area contributed by atoms with Gasteiger partial charge in [0.2, 0.25) is 5.91 Å². The number of anilines is 1. The van der Waals surface area contributed by atoms with Crippen LogP contribution in [-0.2, 0) is 13.6 Å². The summed E-state index contributed by atoms with van der Waals surface area (Å²) >= 11 is 0. The van der Waals surface area contributed by atoms with Crippen LogP contribution in [0.5, 0.6) is 0 Å². The number of fused-ring (bicyclic) bond motifs is 1. The number of nitrogens with two attached hydrogens (primary N) is 1. The normalized spacial score (nSPS) is 18.5. The van der Waals surface area contributed by atoms with Crippen LogP contribution in [0.4, 0.5) is 5.82 Å². The second-order valence-electron chi connectivity index (χ2n) is 8.66. The van der Waals surface area contributed by atoms with Gasteiger partial charge in [0.05, 0.1) is 23.3 Å². The summed E-state index contributed by atoms with van der Waals surface area (Å²) in [6.07, 6.45) is 6.19. The van der Waals surface area contributed by atoms with E-state index in [1.807, 2.05) is 31.6 Å². The summed E-state index contributed by atoms with van der Waals surface area (Å²) in [4.78, 5) is 23.7. The van der Waals surface area contributed by atoms with Crippen molar-refractivity contribution in [3.05, 3.63) is 60.0 Å². The first-order valence-electron chi connectivity index (χ1n) is 10.9. The van der Waals surface area contributed by atoms with E-state index < -0.39 is 5.91 Å². The lowest BCUT2D eigenvalue weighted by atomic mass is 10.2.